The summed E-state index contributed by atoms with van der Waals surface area (Å²) in [6.07, 6.45) is 3.79. The van der Waals surface area contributed by atoms with Crippen LogP contribution >= 0.6 is 11.6 Å². The molecular weight excluding hydrogens is 601 g/mol. The molecule has 3 aromatic carbocycles. The second kappa shape index (κ2) is 13.1. The predicted molar refractivity (Wildman–Crippen MR) is 170 cm³/mol. The van der Waals surface area contributed by atoms with Crippen LogP contribution in [0.4, 0.5) is 9.18 Å². The summed E-state index contributed by atoms with van der Waals surface area (Å²) in [5, 5.41) is 1.59. The topological polar surface area (TPSA) is 130 Å². The molecule has 45 heavy (non-hydrogen) atoms. The molecule has 1 aliphatic heterocycles. The maximum absolute atomic E-state index is 12.6. The molecule has 1 amide bonds. The van der Waals surface area contributed by atoms with Gasteiger partial charge in [-0.2, -0.15) is 0 Å². The van der Waals surface area contributed by atoms with Gasteiger partial charge >= 0.3 is 6.09 Å². The molecule has 12 heteroatoms. The Morgan fingerprint density at radius 2 is 1.49 bits per heavy atom. The van der Waals surface area contributed by atoms with E-state index in [-0.39, 0.29) is 28.4 Å². The van der Waals surface area contributed by atoms with Crippen molar-refractivity contribution in [1.82, 2.24) is 24.8 Å². The number of likely N-dealkylation sites (tertiary alicyclic amines) is 1. The van der Waals surface area contributed by atoms with Gasteiger partial charge in [0.05, 0.1) is 41.1 Å². The van der Waals surface area contributed by atoms with Crippen LogP contribution in [0, 0.1) is 5.82 Å². The number of rotatable bonds is 4. The number of benzene rings is 3. The molecule has 1 fully saturated rings. The summed E-state index contributed by atoms with van der Waals surface area (Å²) in [7, 11) is 0. The van der Waals surface area contributed by atoms with Crippen molar-refractivity contribution >= 4 is 39.5 Å². The first-order chi connectivity index (χ1) is 21.4. The standard InChI is InChI=1S/C25H28ClN3O4.C8H5FN2O/c1-24(2,3)33-23(31)29-12-10-25(11-13-29,17-4-6-18(26)7-5-17)15-32-19-8-9-20-21(14-19)27-16-28-22(20)30;9-5-1-2-6-7(3-5)10-4-11-8(6)12/h4-9,14,16H,10-13,15H2,1-3H3,(H,27,28,30);1-4H,(H,10,11,12). The van der Waals surface area contributed by atoms with Gasteiger partial charge < -0.3 is 24.3 Å². The molecule has 0 atom stereocenters. The number of H-pyrrole nitrogens is 2. The molecule has 0 unspecified atom stereocenters. The van der Waals surface area contributed by atoms with Crippen LogP contribution in [0.5, 0.6) is 5.75 Å². The number of hydrogen-bond acceptors (Lipinski definition) is 7. The van der Waals surface area contributed by atoms with E-state index in [9.17, 15) is 18.8 Å². The minimum atomic E-state index is -0.531. The lowest BCUT2D eigenvalue weighted by Crippen LogP contribution is -2.49. The van der Waals surface area contributed by atoms with Gasteiger partial charge in [-0.3, -0.25) is 9.59 Å². The molecular formula is C33H33ClFN5O5. The summed E-state index contributed by atoms with van der Waals surface area (Å²) in [6.45, 7) is 7.16. The van der Waals surface area contributed by atoms with E-state index in [1.54, 1.807) is 23.1 Å². The Kier molecular flexibility index (Phi) is 9.19. The van der Waals surface area contributed by atoms with E-state index in [4.69, 9.17) is 21.1 Å². The highest BCUT2D eigenvalue weighted by molar-refractivity contribution is 6.30. The van der Waals surface area contributed by atoms with Crippen molar-refractivity contribution in [3.63, 3.8) is 0 Å². The predicted octanol–water partition coefficient (Wildman–Crippen LogP) is 5.99. The lowest BCUT2D eigenvalue weighted by atomic mass is 9.73. The molecule has 2 aromatic heterocycles. The zero-order chi connectivity index (χ0) is 32.2. The van der Waals surface area contributed by atoms with Crippen molar-refractivity contribution in [3.05, 3.63) is 110 Å². The number of fused-ring (bicyclic) bond motifs is 2. The molecule has 234 valence electrons. The van der Waals surface area contributed by atoms with Gasteiger partial charge in [0.25, 0.3) is 11.1 Å². The Bertz CT molecular complexity index is 1930. The van der Waals surface area contributed by atoms with Gasteiger partial charge in [-0.05, 0) is 75.6 Å². The van der Waals surface area contributed by atoms with Crippen LogP contribution in [0.3, 0.4) is 0 Å². The molecule has 5 aromatic rings. The van der Waals surface area contributed by atoms with Crippen molar-refractivity contribution < 1.29 is 18.7 Å². The number of carbonyl (C=O) groups excluding carboxylic acids is 1. The second-order valence-electron chi connectivity index (χ2n) is 11.8. The third-order valence-corrected chi connectivity index (χ3v) is 7.81. The van der Waals surface area contributed by atoms with Crippen LogP contribution in [0.25, 0.3) is 21.8 Å². The molecule has 0 radical (unpaired) electrons. The third kappa shape index (κ3) is 7.66. The maximum Gasteiger partial charge on any atom is 0.410 e. The highest BCUT2D eigenvalue weighted by Crippen LogP contribution is 2.37. The number of amides is 1. The zero-order valence-electron chi connectivity index (χ0n) is 25.1. The van der Waals surface area contributed by atoms with E-state index in [1.807, 2.05) is 45.0 Å². The largest absolute Gasteiger partial charge is 0.493 e. The molecule has 10 nitrogen and oxygen atoms in total. The summed E-state index contributed by atoms with van der Waals surface area (Å²) in [5.74, 6) is 0.254. The Balaban J connectivity index is 0.000000277. The Morgan fingerprint density at radius 1 is 0.911 bits per heavy atom. The SMILES string of the molecule is CC(C)(C)OC(=O)N1CCC(COc2ccc3c(=O)[nH]cnc3c2)(c2ccc(Cl)cc2)CC1.O=c1[nH]cnc2cc(F)ccc12. The van der Waals surface area contributed by atoms with Crippen LogP contribution < -0.4 is 15.9 Å². The fraction of sp³-hybridized carbons (Fsp3) is 0.303. The van der Waals surface area contributed by atoms with E-state index >= 15 is 0 Å². The molecule has 1 aliphatic rings. The number of carbonyl (C=O) groups is 1. The lowest BCUT2D eigenvalue weighted by molar-refractivity contribution is 0.0133. The monoisotopic (exact) mass is 633 g/mol. The normalized spacial score (nSPS) is 14.5. The van der Waals surface area contributed by atoms with Crippen LogP contribution in [0.2, 0.25) is 5.02 Å². The molecule has 0 bridgehead atoms. The van der Waals surface area contributed by atoms with Crippen molar-refractivity contribution in [1.29, 1.82) is 0 Å². The molecule has 1 saturated heterocycles. The van der Waals surface area contributed by atoms with E-state index in [0.29, 0.717) is 52.3 Å². The fourth-order valence-corrected chi connectivity index (χ4v) is 5.29. The van der Waals surface area contributed by atoms with E-state index in [0.717, 1.165) is 18.4 Å². The van der Waals surface area contributed by atoms with Gasteiger partial charge in [0.2, 0.25) is 0 Å². The summed E-state index contributed by atoms with van der Waals surface area (Å²) >= 11 is 6.13. The minimum Gasteiger partial charge on any atom is -0.493 e. The lowest BCUT2D eigenvalue weighted by Gasteiger charge is -2.42. The van der Waals surface area contributed by atoms with Crippen LogP contribution in [-0.4, -0.2) is 56.2 Å². The Hall–Kier alpha value is -4.77. The van der Waals surface area contributed by atoms with Gasteiger partial charge in [-0.25, -0.2) is 19.2 Å². The minimum absolute atomic E-state index is 0.182. The quantitative estimate of drug-likeness (QED) is 0.249. The molecule has 2 N–H and O–H groups in total. The summed E-state index contributed by atoms with van der Waals surface area (Å²) in [6, 6.07) is 17.0. The van der Waals surface area contributed by atoms with E-state index in [1.165, 1.54) is 30.9 Å². The molecule has 0 spiro atoms. The highest BCUT2D eigenvalue weighted by atomic mass is 35.5. The van der Waals surface area contributed by atoms with Gasteiger partial charge in [0.1, 0.15) is 17.2 Å². The van der Waals surface area contributed by atoms with E-state index in [2.05, 4.69) is 19.9 Å². The molecule has 0 saturated carbocycles. The van der Waals surface area contributed by atoms with Crippen molar-refractivity contribution in [2.24, 2.45) is 0 Å². The van der Waals surface area contributed by atoms with Crippen LogP contribution in [0.15, 0.2) is 82.9 Å². The van der Waals surface area contributed by atoms with E-state index < -0.39 is 5.60 Å². The summed E-state index contributed by atoms with van der Waals surface area (Å²) in [4.78, 5) is 50.3. The van der Waals surface area contributed by atoms with Crippen LogP contribution in [0.1, 0.15) is 39.2 Å². The number of halogens is 2. The maximum atomic E-state index is 12.6. The molecule has 0 aliphatic carbocycles. The number of aromatic nitrogens is 4. The summed E-state index contributed by atoms with van der Waals surface area (Å²) < 4.78 is 24.4. The Labute approximate surface area is 263 Å². The zero-order valence-corrected chi connectivity index (χ0v) is 25.9. The number of piperidine rings is 1. The Morgan fingerprint density at radius 3 is 2.09 bits per heavy atom. The molecule has 3 heterocycles. The van der Waals surface area contributed by atoms with Gasteiger partial charge in [-0.15, -0.1) is 0 Å². The van der Waals surface area contributed by atoms with Gasteiger partial charge in [-0.1, -0.05) is 23.7 Å². The molecule has 6 rings (SSSR count). The number of ether oxygens (including phenoxy) is 2. The second-order valence-corrected chi connectivity index (χ2v) is 12.3. The van der Waals surface area contributed by atoms with Crippen molar-refractivity contribution in [2.45, 2.75) is 44.6 Å². The first kappa shape index (κ1) is 31.6. The average molecular weight is 634 g/mol. The first-order valence-corrected chi connectivity index (χ1v) is 14.8. The van der Waals surface area contributed by atoms with Gasteiger partial charge in [0.15, 0.2) is 0 Å². The number of nitrogens with one attached hydrogen (secondary N) is 2. The highest BCUT2D eigenvalue weighted by Gasteiger charge is 2.39. The number of hydrogen-bond donors (Lipinski definition) is 2. The first-order valence-electron chi connectivity index (χ1n) is 14.4. The number of nitrogens with zero attached hydrogens (tertiary/aromatic N) is 3. The van der Waals surface area contributed by atoms with Crippen molar-refractivity contribution in [2.75, 3.05) is 19.7 Å². The number of aromatic amines is 2. The fourth-order valence-electron chi connectivity index (χ4n) is 5.17. The van der Waals surface area contributed by atoms with Gasteiger partial charge in [0, 0.05) is 35.7 Å². The van der Waals surface area contributed by atoms with Crippen molar-refractivity contribution in [3.8, 4) is 5.75 Å². The third-order valence-electron chi connectivity index (χ3n) is 7.56. The summed E-state index contributed by atoms with van der Waals surface area (Å²) in [5.41, 5.74) is 0.816. The smallest absolute Gasteiger partial charge is 0.410 e. The van der Waals surface area contributed by atoms with Crippen LogP contribution in [-0.2, 0) is 10.2 Å². The average Bonchev–Trinajstić information content (AvgIpc) is 3.00.